The van der Waals surface area contributed by atoms with Crippen LogP contribution in [0.25, 0.3) is 0 Å². The van der Waals surface area contributed by atoms with Crippen LogP contribution in [-0.4, -0.2) is 61.8 Å². The first kappa shape index (κ1) is 36.9. The zero-order valence-electron chi connectivity index (χ0n) is 20.6. The van der Waals surface area contributed by atoms with Crippen molar-refractivity contribution >= 4 is 23.5 Å². The molecule has 0 bridgehead atoms. The summed E-state index contributed by atoms with van der Waals surface area (Å²) in [5, 5.41) is 14.5. The van der Waals surface area contributed by atoms with E-state index in [0.29, 0.717) is 45.1 Å². The Morgan fingerprint density at radius 2 is 1.42 bits per heavy atom. The van der Waals surface area contributed by atoms with E-state index in [-0.39, 0.29) is 90.8 Å². The molecule has 0 saturated heterocycles. The zero-order chi connectivity index (χ0) is 23.6. The Labute approximate surface area is 228 Å². The summed E-state index contributed by atoms with van der Waals surface area (Å²) in [5.74, 6) is -0.713. The van der Waals surface area contributed by atoms with E-state index in [1.54, 1.807) is 6.54 Å². The Morgan fingerprint density at radius 3 is 2.00 bits per heavy atom. The molecular formula is C22H42N5O4W2-. The van der Waals surface area contributed by atoms with E-state index >= 15 is 0 Å². The number of carbonyl (C=O) groups is 4. The van der Waals surface area contributed by atoms with Crippen LogP contribution in [0, 0.1) is 12.5 Å². The molecule has 0 aromatic rings. The minimum atomic E-state index is -0.793. The van der Waals surface area contributed by atoms with Crippen molar-refractivity contribution in [2.24, 2.45) is 5.92 Å². The van der Waals surface area contributed by atoms with Gasteiger partial charge in [-0.25, -0.2) is 0 Å². The number of carbonyl (C=O) groups excluding carboxylic acids is 4. The number of Topliss-reactive ketones (excluding diaryl/α,β-unsaturated/α-hetero) is 1. The fourth-order valence-corrected chi connectivity index (χ4v) is 2.70. The molecule has 1 atom stereocenters. The van der Waals surface area contributed by atoms with E-state index in [4.69, 9.17) is 0 Å². The summed E-state index contributed by atoms with van der Waals surface area (Å²) in [7, 11) is 0. The third-order valence-corrected chi connectivity index (χ3v) is 4.56. The van der Waals surface area contributed by atoms with Crippen molar-refractivity contribution in [3.05, 3.63) is 6.54 Å². The molecule has 33 heavy (non-hydrogen) atoms. The van der Waals surface area contributed by atoms with Gasteiger partial charge in [-0.1, -0.05) is 27.7 Å². The van der Waals surface area contributed by atoms with Gasteiger partial charge in [-0.05, 0) is 19.4 Å². The average molecular weight is 808 g/mol. The fraction of sp³-hybridized carbons (Fsp3) is 0.773. The molecule has 0 fully saturated rings. The normalized spacial score (nSPS) is 11.2. The van der Waals surface area contributed by atoms with Gasteiger partial charge in [0, 0.05) is 93.0 Å². The SMILES string of the molecule is C[CH-]NCCNC(=O)C(CCC(=O)NCCNC(C)C)NC(=O)CCCC(=O)C(C)C.[W].[W]. The van der Waals surface area contributed by atoms with Crippen LogP contribution in [0.2, 0.25) is 0 Å². The first-order chi connectivity index (χ1) is 14.7. The number of nitrogens with one attached hydrogen (secondary N) is 5. The zero-order valence-corrected chi connectivity index (χ0v) is 26.5. The topological polar surface area (TPSA) is 128 Å². The molecule has 9 nitrogen and oxygen atoms in total. The quantitative estimate of drug-likeness (QED) is 0.102. The van der Waals surface area contributed by atoms with Gasteiger partial charge in [0.05, 0.1) is 0 Å². The van der Waals surface area contributed by atoms with Gasteiger partial charge < -0.3 is 26.6 Å². The number of amides is 3. The standard InChI is InChI=1S/C22H42N5O4.2W/c1-6-23-12-13-26-22(31)18(10-11-20(29)25-15-14-24-17(4)5)27-21(30)9-7-8-19(28)16(2)3;;/h6,16-18,23-24H,7-15H2,1-5H3,(H,25,29)(H,26,31)(H,27,30);;/q-1;;. The molecule has 0 aliphatic carbocycles. The second-order valence-electron chi connectivity index (χ2n) is 8.13. The maximum Gasteiger partial charge on any atom is 0.242 e. The first-order valence-corrected chi connectivity index (χ1v) is 11.3. The Balaban J connectivity index is -0.00000450. The molecule has 0 heterocycles. The predicted octanol–water partition coefficient (Wildman–Crippen LogP) is 0.643. The van der Waals surface area contributed by atoms with Crippen molar-refractivity contribution in [2.75, 3.05) is 26.2 Å². The van der Waals surface area contributed by atoms with Crippen LogP contribution in [0.4, 0.5) is 0 Å². The maximum atomic E-state index is 12.5. The molecule has 0 aromatic carbocycles. The third-order valence-electron chi connectivity index (χ3n) is 4.56. The third kappa shape index (κ3) is 21.6. The molecular weight excluding hydrogens is 766 g/mol. The van der Waals surface area contributed by atoms with Crippen molar-refractivity contribution in [1.29, 1.82) is 0 Å². The van der Waals surface area contributed by atoms with Gasteiger partial charge in [-0.15, -0.1) is 0 Å². The molecule has 0 aliphatic heterocycles. The van der Waals surface area contributed by atoms with Crippen molar-refractivity contribution in [3.63, 3.8) is 0 Å². The van der Waals surface area contributed by atoms with Crippen LogP contribution in [-0.2, 0) is 61.3 Å². The largest absolute Gasteiger partial charge is 0.469 e. The van der Waals surface area contributed by atoms with Crippen LogP contribution >= 0.6 is 0 Å². The predicted molar refractivity (Wildman–Crippen MR) is 122 cm³/mol. The average Bonchev–Trinajstić information content (AvgIpc) is 2.71. The Morgan fingerprint density at radius 1 is 0.788 bits per heavy atom. The molecule has 0 saturated carbocycles. The number of hydrogen-bond acceptors (Lipinski definition) is 6. The molecule has 0 radical (unpaired) electrons. The summed E-state index contributed by atoms with van der Waals surface area (Å²) in [5.41, 5.74) is 0. The molecule has 11 heteroatoms. The second kappa shape index (κ2) is 23.1. The van der Waals surface area contributed by atoms with Gasteiger partial charge in [0.2, 0.25) is 17.7 Å². The molecule has 3 amide bonds. The van der Waals surface area contributed by atoms with Crippen LogP contribution < -0.4 is 26.6 Å². The van der Waals surface area contributed by atoms with E-state index in [9.17, 15) is 19.2 Å². The number of rotatable bonds is 18. The smallest absolute Gasteiger partial charge is 0.242 e. The first-order valence-electron chi connectivity index (χ1n) is 11.3. The van der Waals surface area contributed by atoms with Gasteiger partial charge in [-0.3, -0.25) is 25.7 Å². The Hall–Kier alpha value is -0.623. The van der Waals surface area contributed by atoms with Crippen LogP contribution in [0.15, 0.2) is 0 Å². The summed E-state index contributed by atoms with van der Waals surface area (Å²) in [6.45, 7) is 13.5. The molecule has 1 unspecified atom stereocenters. The van der Waals surface area contributed by atoms with Crippen LogP contribution in [0.3, 0.4) is 0 Å². The van der Waals surface area contributed by atoms with Gasteiger partial charge in [0.25, 0.3) is 0 Å². The van der Waals surface area contributed by atoms with Crippen molar-refractivity contribution in [3.8, 4) is 0 Å². The minimum absolute atomic E-state index is 0. The minimum Gasteiger partial charge on any atom is -0.469 e. The summed E-state index contributed by atoms with van der Waals surface area (Å²) >= 11 is 0. The molecule has 0 aliphatic rings. The van der Waals surface area contributed by atoms with Crippen molar-refractivity contribution in [1.82, 2.24) is 26.6 Å². The van der Waals surface area contributed by atoms with E-state index in [0.717, 1.165) is 0 Å². The summed E-state index contributed by atoms with van der Waals surface area (Å²) in [4.78, 5) is 48.5. The van der Waals surface area contributed by atoms with Gasteiger partial charge in [0.15, 0.2) is 0 Å². The summed E-state index contributed by atoms with van der Waals surface area (Å²) in [6, 6.07) is -0.450. The molecule has 5 N–H and O–H groups in total. The van der Waals surface area contributed by atoms with Gasteiger partial charge in [-0.2, -0.15) is 6.92 Å². The monoisotopic (exact) mass is 808 g/mol. The fourth-order valence-electron chi connectivity index (χ4n) is 2.70. The van der Waals surface area contributed by atoms with Crippen LogP contribution in [0.5, 0.6) is 0 Å². The van der Waals surface area contributed by atoms with Crippen molar-refractivity contribution in [2.45, 2.75) is 78.8 Å². The molecule has 0 aromatic heterocycles. The Bertz CT molecular complexity index is 563. The summed E-state index contributed by atoms with van der Waals surface area (Å²) in [6.07, 6.45) is 1.29. The summed E-state index contributed by atoms with van der Waals surface area (Å²) < 4.78 is 0. The second-order valence-corrected chi connectivity index (χ2v) is 8.13. The molecule has 0 rings (SSSR count). The Kier molecular flexibility index (Phi) is 25.9. The van der Waals surface area contributed by atoms with Gasteiger partial charge in [0.1, 0.15) is 11.8 Å². The molecule has 192 valence electrons. The van der Waals surface area contributed by atoms with Crippen molar-refractivity contribution < 1.29 is 61.3 Å². The van der Waals surface area contributed by atoms with E-state index in [2.05, 4.69) is 26.6 Å². The number of ketones is 1. The number of hydrogen-bond donors (Lipinski definition) is 5. The van der Waals surface area contributed by atoms with Gasteiger partial charge >= 0.3 is 0 Å². The van der Waals surface area contributed by atoms with E-state index < -0.39 is 6.04 Å². The maximum absolute atomic E-state index is 12.5. The van der Waals surface area contributed by atoms with E-state index in [1.165, 1.54) is 0 Å². The van der Waals surface area contributed by atoms with E-state index in [1.807, 2.05) is 34.6 Å². The molecule has 0 spiro atoms. The van der Waals surface area contributed by atoms with Crippen LogP contribution in [0.1, 0.15) is 66.7 Å².